The van der Waals surface area contributed by atoms with E-state index < -0.39 is 11.6 Å². The number of benzene rings is 2. The molecule has 0 bridgehead atoms. The zero-order valence-electron chi connectivity index (χ0n) is 13.6. The summed E-state index contributed by atoms with van der Waals surface area (Å²) in [5, 5.41) is 11.8. The standard InChI is InChI=1S/C18H11ClF2N6/c19-12-4-1-3-10(7-12)11-8-13(17(22)23-9-11)18-24-25-26-27(18)15-6-2-5-14(20)16(15)21/h1-9H,(H2,22,23). The van der Waals surface area contributed by atoms with Crippen LogP contribution in [0.4, 0.5) is 14.6 Å². The van der Waals surface area contributed by atoms with Gasteiger partial charge in [0.2, 0.25) is 0 Å². The van der Waals surface area contributed by atoms with Gasteiger partial charge in [0.1, 0.15) is 11.5 Å². The van der Waals surface area contributed by atoms with E-state index in [0.717, 1.165) is 21.9 Å². The second-order valence-electron chi connectivity index (χ2n) is 5.65. The Morgan fingerprint density at radius 3 is 2.63 bits per heavy atom. The predicted octanol–water partition coefficient (Wildman–Crippen LogP) is 3.91. The Kier molecular flexibility index (Phi) is 4.25. The number of aromatic nitrogens is 5. The van der Waals surface area contributed by atoms with Gasteiger partial charge in [-0.15, -0.1) is 5.10 Å². The summed E-state index contributed by atoms with van der Waals surface area (Å²) in [6, 6.07) is 12.6. The minimum absolute atomic E-state index is 0.133. The van der Waals surface area contributed by atoms with E-state index >= 15 is 0 Å². The van der Waals surface area contributed by atoms with Crippen molar-refractivity contribution in [2.45, 2.75) is 0 Å². The zero-order chi connectivity index (χ0) is 19.0. The molecule has 0 spiro atoms. The molecular weight excluding hydrogens is 374 g/mol. The Balaban J connectivity index is 1.87. The topological polar surface area (TPSA) is 82.5 Å². The van der Waals surface area contributed by atoms with Crippen molar-refractivity contribution in [3.8, 4) is 28.2 Å². The van der Waals surface area contributed by atoms with Crippen molar-refractivity contribution in [1.29, 1.82) is 0 Å². The monoisotopic (exact) mass is 384 g/mol. The quantitative estimate of drug-likeness (QED) is 0.579. The van der Waals surface area contributed by atoms with Crippen LogP contribution in [0.15, 0.2) is 54.7 Å². The fourth-order valence-corrected chi connectivity index (χ4v) is 2.84. The Morgan fingerprint density at radius 2 is 1.81 bits per heavy atom. The molecule has 0 radical (unpaired) electrons. The molecule has 0 aliphatic heterocycles. The summed E-state index contributed by atoms with van der Waals surface area (Å²) < 4.78 is 28.9. The first kappa shape index (κ1) is 17.0. The predicted molar refractivity (Wildman–Crippen MR) is 97.2 cm³/mol. The highest BCUT2D eigenvalue weighted by Crippen LogP contribution is 2.30. The van der Waals surface area contributed by atoms with Crippen molar-refractivity contribution in [2.75, 3.05) is 5.73 Å². The van der Waals surface area contributed by atoms with Crippen molar-refractivity contribution in [3.05, 3.63) is 71.4 Å². The number of nitrogens with zero attached hydrogens (tertiary/aromatic N) is 5. The van der Waals surface area contributed by atoms with Crippen molar-refractivity contribution in [3.63, 3.8) is 0 Å². The number of pyridine rings is 1. The van der Waals surface area contributed by atoms with Gasteiger partial charge in [-0.2, -0.15) is 4.68 Å². The molecule has 2 aromatic carbocycles. The van der Waals surface area contributed by atoms with Crippen LogP contribution in [-0.4, -0.2) is 25.2 Å². The number of nitrogens with two attached hydrogens (primary N) is 1. The lowest BCUT2D eigenvalue weighted by atomic mass is 10.1. The summed E-state index contributed by atoms with van der Waals surface area (Å²) in [7, 11) is 0. The SMILES string of the molecule is Nc1ncc(-c2cccc(Cl)c2)cc1-c1nnnn1-c1cccc(F)c1F. The molecule has 2 N–H and O–H groups in total. The molecule has 4 aromatic rings. The Hall–Kier alpha value is -3.39. The van der Waals surface area contributed by atoms with Gasteiger partial charge in [0.05, 0.1) is 5.56 Å². The molecule has 0 saturated carbocycles. The van der Waals surface area contributed by atoms with Crippen LogP contribution in [0.1, 0.15) is 0 Å². The highest BCUT2D eigenvalue weighted by molar-refractivity contribution is 6.30. The molecule has 2 aromatic heterocycles. The molecule has 27 heavy (non-hydrogen) atoms. The first-order valence-corrected chi connectivity index (χ1v) is 8.17. The van der Waals surface area contributed by atoms with E-state index in [0.29, 0.717) is 10.6 Å². The van der Waals surface area contributed by atoms with Gasteiger partial charge >= 0.3 is 0 Å². The number of halogens is 3. The first-order chi connectivity index (χ1) is 13.0. The van der Waals surface area contributed by atoms with Crippen molar-refractivity contribution < 1.29 is 8.78 Å². The van der Waals surface area contributed by atoms with Gasteiger partial charge in [0, 0.05) is 16.8 Å². The summed E-state index contributed by atoms with van der Waals surface area (Å²) >= 11 is 6.04. The normalized spacial score (nSPS) is 10.9. The molecule has 6 nitrogen and oxygen atoms in total. The van der Waals surface area contributed by atoms with Crippen LogP contribution in [0, 0.1) is 11.6 Å². The maximum atomic E-state index is 14.2. The van der Waals surface area contributed by atoms with Crippen LogP contribution in [0.2, 0.25) is 5.02 Å². The number of tetrazole rings is 1. The van der Waals surface area contributed by atoms with E-state index in [2.05, 4.69) is 20.5 Å². The fourth-order valence-electron chi connectivity index (χ4n) is 2.65. The van der Waals surface area contributed by atoms with E-state index in [-0.39, 0.29) is 17.3 Å². The van der Waals surface area contributed by atoms with Crippen molar-refractivity contribution in [2.24, 2.45) is 0 Å². The van der Waals surface area contributed by atoms with Gasteiger partial charge in [0.15, 0.2) is 17.5 Å². The molecule has 0 amide bonds. The highest BCUT2D eigenvalue weighted by Gasteiger charge is 2.19. The second kappa shape index (κ2) is 6.73. The molecule has 0 aliphatic carbocycles. The second-order valence-corrected chi connectivity index (χ2v) is 6.09. The van der Waals surface area contributed by atoms with Gasteiger partial charge in [0.25, 0.3) is 0 Å². The summed E-state index contributed by atoms with van der Waals surface area (Å²) in [5.74, 6) is -1.79. The Bertz CT molecular complexity index is 1140. The molecule has 134 valence electrons. The average Bonchev–Trinajstić information content (AvgIpc) is 3.13. The lowest BCUT2D eigenvalue weighted by molar-refractivity contribution is 0.501. The van der Waals surface area contributed by atoms with Crippen LogP contribution >= 0.6 is 11.6 Å². The van der Waals surface area contributed by atoms with E-state index in [1.54, 1.807) is 30.5 Å². The fraction of sp³-hybridized carbons (Fsp3) is 0. The van der Waals surface area contributed by atoms with E-state index in [1.165, 1.54) is 12.1 Å². The van der Waals surface area contributed by atoms with Crippen LogP contribution in [-0.2, 0) is 0 Å². The summed E-state index contributed by atoms with van der Waals surface area (Å²) in [6.45, 7) is 0. The molecule has 0 atom stereocenters. The number of anilines is 1. The van der Waals surface area contributed by atoms with E-state index in [1.807, 2.05) is 6.07 Å². The molecule has 0 fully saturated rings. The smallest absolute Gasteiger partial charge is 0.190 e. The minimum Gasteiger partial charge on any atom is -0.383 e. The largest absolute Gasteiger partial charge is 0.383 e. The van der Waals surface area contributed by atoms with Gasteiger partial charge in [-0.1, -0.05) is 29.8 Å². The third-order valence-electron chi connectivity index (χ3n) is 3.95. The third kappa shape index (κ3) is 3.11. The third-order valence-corrected chi connectivity index (χ3v) is 4.18. The van der Waals surface area contributed by atoms with Crippen molar-refractivity contribution >= 4 is 17.4 Å². The van der Waals surface area contributed by atoms with Gasteiger partial charge in [-0.3, -0.25) is 0 Å². The maximum absolute atomic E-state index is 14.2. The zero-order valence-corrected chi connectivity index (χ0v) is 14.4. The maximum Gasteiger partial charge on any atom is 0.190 e. The van der Waals surface area contributed by atoms with Crippen LogP contribution in [0.25, 0.3) is 28.2 Å². The molecule has 4 rings (SSSR count). The van der Waals surface area contributed by atoms with Gasteiger partial charge < -0.3 is 5.73 Å². The molecular formula is C18H11ClF2N6. The number of hydrogen-bond donors (Lipinski definition) is 1. The van der Waals surface area contributed by atoms with Gasteiger partial charge in [-0.05, 0) is 46.3 Å². The highest BCUT2D eigenvalue weighted by atomic mass is 35.5. The summed E-state index contributed by atoms with van der Waals surface area (Å²) in [4.78, 5) is 4.17. The molecule has 0 saturated heterocycles. The lowest BCUT2D eigenvalue weighted by Crippen LogP contribution is -2.06. The minimum atomic E-state index is -1.07. The van der Waals surface area contributed by atoms with E-state index in [4.69, 9.17) is 17.3 Å². The Labute approximate surface area is 157 Å². The average molecular weight is 385 g/mol. The summed E-state index contributed by atoms with van der Waals surface area (Å²) in [5.41, 5.74) is 7.76. The molecule has 0 aliphatic rings. The van der Waals surface area contributed by atoms with Crippen molar-refractivity contribution in [1.82, 2.24) is 25.2 Å². The van der Waals surface area contributed by atoms with Crippen LogP contribution < -0.4 is 5.73 Å². The van der Waals surface area contributed by atoms with Crippen LogP contribution in [0.3, 0.4) is 0 Å². The summed E-state index contributed by atoms with van der Waals surface area (Å²) in [6.07, 6.45) is 1.58. The Morgan fingerprint density at radius 1 is 1.00 bits per heavy atom. The molecule has 2 heterocycles. The van der Waals surface area contributed by atoms with E-state index in [9.17, 15) is 8.78 Å². The number of nitrogen functional groups attached to an aromatic ring is 1. The first-order valence-electron chi connectivity index (χ1n) is 7.79. The molecule has 0 unspecified atom stereocenters. The molecule has 9 heteroatoms. The number of rotatable bonds is 3. The van der Waals surface area contributed by atoms with Gasteiger partial charge in [-0.25, -0.2) is 13.8 Å². The number of hydrogen-bond acceptors (Lipinski definition) is 5. The lowest BCUT2D eigenvalue weighted by Gasteiger charge is -2.10. The van der Waals surface area contributed by atoms with Crippen LogP contribution in [0.5, 0.6) is 0 Å².